The van der Waals surface area contributed by atoms with Gasteiger partial charge in [-0.1, -0.05) is 30.3 Å². The zero-order valence-corrected chi connectivity index (χ0v) is 15.5. The Labute approximate surface area is 164 Å². The molecule has 28 heavy (non-hydrogen) atoms. The quantitative estimate of drug-likeness (QED) is 0.513. The number of hydrogen-bond donors (Lipinski definition) is 2. The summed E-state index contributed by atoms with van der Waals surface area (Å²) < 4.78 is 5.98. The molecule has 0 spiro atoms. The number of pyridine rings is 2. The van der Waals surface area contributed by atoms with Crippen molar-refractivity contribution in [3.63, 3.8) is 0 Å². The lowest BCUT2D eigenvalue weighted by molar-refractivity contribution is 0.306. The van der Waals surface area contributed by atoms with Crippen LogP contribution >= 0.6 is 0 Å². The topological polar surface area (TPSA) is 73.1 Å². The summed E-state index contributed by atoms with van der Waals surface area (Å²) in [6.45, 7) is 1.98. The van der Waals surface area contributed by atoms with E-state index in [0.29, 0.717) is 12.4 Å². The molecule has 2 aromatic carbocycles. The van der Waals surface area contributed by atoms with Crippen LogP contribution in [0.1, 0.15) is 16.8 Å². The number of nitrogens with one attached hydrogen (secondary N) is 1. The fourth-order valence-electron chi connectivity index (χ4n) is 3.02. The number of hydrogen-bond acceptors (Lipinski definition) is 5. The number of rotatable bonds is 7. The van der Waals surface area contributed by atoms with Crippen molar-refractivity contribution in [2.75, 3.05) is 5.73 Å². The van der Waals surface area contributed by atoms with Crippen molar-refractivity contribution in [1.82, 2.24) is 15.3 Å². The first kappa shape index (κ1) is 17.9. The first-order chi connectivity index (χ1) is 13.8. The highest BCUT2D eigenvalue weighted by atomic mass is 16.5. The number of nitrogen functional groups attached to an aromatic ring is 1. The minimum atomic E-state index is 0.483. The second-order valence-corrected chi connectivity index (χ2v) is 6.62. The van der Waals surface area contributed by atoms with E-state index in [0.717, 1.165) is 41.0 Å². The third kappa shape index (κ3) is 4.64. The van der Waals surface area contributed by atoms with E-state index in [-0.39, 0.29) is 0 Å². The van der Waals surface area contributed by atoms with Gasteiger partial charge in [-0.05, 0) is 53.6 Å². The monoisotopic (exact) mass is 370 g/mol. The molecule has 4 aromatic rings. The molecule has 3 N–H and O–H groups in total. The smallest absolute Gasteiger partial charge is 0.124 e. The van der Waals surface area contributed by atoms with E-state index in [1.165, 1.54) is 5.56 Å². The molecule has 140 valence electrons. The van der Waals surface area contributed by atoms with Crippen molar-refractivity contribution in [3.05, 3.63) is 95.8 Å². The summed E-state index contributed by atoms with van der Waals surface area (Å²) in [5.74, 6) is 1.37. The molecule has 0 saturated carbocycles. The highest BCUT2D eigenvalue weighted by molar-refractivity contribution is 5.80. The van der Waals surface area contributed by atoms with Crippen molar-refractivity contribution in [2.45, 2.75) is 19.7 Å². The minimum Gasteiger partial charge on any atom is -0.489 e. The molecule has 0 aliphatic carbocycles. The van der Waals surface area contributed by atoms with Gasteiger partial charge in [0.25, 0.3) is 0 Å². The van der Waals surface area contributed by atoms with Crippen molar-refractivity contribution in [3.8, 4) is 5.75 Å². The summed E-state index contributed by atoms with van der Waals surface area (Å²) in [7, 11) is 0. The van der Waals surface area contributed by atoms with Crippen LogP contribution in [0.2, 0.25) is 0 Å². The summed E-state index contributed by atoms with van der Waals surface area (Å²) in [6, 6.07) is 24.0. The van der Waals surface area contributed by atoms with Crippen LogP contribution in [0.4, 0.5) is 5.82 Å². The zero-order valence-electron chi connectivity index (χ0n) is 15.5. The van der Waals surface area contributed by atoms with E-state index in [2.05, 4.69) is 33.5 Å². The molecule has 0 fully saturated rings. The van der Waals surface area contributed by atoms with Crippen LogP contribution in [0.3, 0.4) is 0 Å². The molecule has 4 rings (SSSR count). The molecule has 0 radical (unpaired) electrons. The number of aromatic nitrogens is 2. The van der Waals surface area contributed by atoms with E-state index in [4.69, 9.17) is 10.5 Å². The molecule has 5 nitrogen and oxygen atoms in total. The van der Waals surface area contributed by atoms with Gasteiger partial charge < -0.3 is 15.8 Å². The zero-order chi connectivity index (χ0) is 19.2. The highest BCUT2D eigenvalue weighted by Gasteiger charge is 2.02. The molecule has 2 heterocycles. The Balaban J connectivity index is 1.35. The summed E-state index contributed by atoms with van der Waals surface area (Å²) in [5.41, 5.74) is 9.92. The molecule has 0 aliphatic rings. The Kier molecular flexibility index (Phi) is 5.45. The van der Waals surface area contributed by atoms with Crippen LogP contribution in [0, 0.1) is 0 Å². The van der Waals surface area contributed by atoms with Gasteiger partial charge in [-0.3, -0.25) is 4.98 Å². The molecular formula is C23H22N4O. The SMILES string of the molecule is Nc1ccc2ccc(COc3cccc(CNCc4ccccn4)c3)cc2n1. The molecule has 2 aromatic heterocycles. The molecule has 0 amide bonds. The normalized spacial score (nSPS) is 10.9. The average molecular weight is 370 g/mol. The Bertz CT molecular complexity index is 1070. The van der Waals surface area contributed by atoms with Crippen LogP contribution in [-0.4, -0.2) is 9.97 Å². The first-order valence-corrected chi connectivity index (χ1v) is 9.24. The van der Waals surface area contributed by atoms with Crippen LogP contribution in [0.25, 0.3) is 10.9 Å². The van der Waals surface area contributed by atoms with Crippen molar-refractivity contribution >= 4 is 16.7 Å². The van der Waals surface area contributed by atoms with Gasteiger partial charge in [0.15, 0.2) is 0 Å². The van der Waals surface area contributed by atoms with Crippen LogP contribution in [0.5, 0.6) is 5.75 Å². The van der Waals surface area contributed by atoms with Crippen molar-refractivity contribution < 1.29 is 4.74 Å². The average Bonchev–Trinajstić information content (AvgIpc) is 2.73. The number of benzene rings is 2. The third-order valence-corrected chi connectivity index (χ3v) is 4.44. The fraction of sp³-hybridized carbons (Fsp3) is 0.130. The standard InChI is InChI=1S/C23H22N4O/c24-23-10-9-19-8-7-18(13-22(19)27-23)16-28-21-6-3-4-17(12-21)14-25-15-20-5-1-2-11-26-20/h1-13,25H,14-16H2,(H2,24,27). The number of anilines is 1. The van der Waals surface area contributed by atoms with Crippen molar-refractivity contribution in [1.29, 1.82) is 0 Å². The molecule has 0 aliphatic heterocycles. The van der Waals surface area contributed by atoms with Crippen molar-refractivity contribution in [2.24, 2.45) is 0 Å². The Morgan fingerprint density at radius 2 is 1.79 bits per heavy atom. The minimum absolute atomic E-state index is 0.483. The third-order valence-electron chi connectivity index (χ3n) is 4.44. The van der Waals surface area contributed by atoms with Gasteiger partial charge in [0.2, 0.25) is 0 Å². The Hall–Kier alpha value is -3.44. The van der Waals surface area contributed by atoms with Gasteiger partial charge in [0, 0.05) is 24.7 Å². The van der Waals surface area contributed by atoms with E-state index in [1.807, 2.05) is 60.8 Å². The van der Waals surface area contributed by atoms with Crippen LogP contribution in [0.15, 0.2) is 79.0 Å². The molecule has 0 atom stereocenters. The molecule has 0 bridgehead atoms. The van der Waals surface area contributed by atoms with Gasteiger partial charge in [-0.25, -0.2) is 4.98 Å². The highest BCUT2D eigenvalue weighted by Crippen LogP contribution is 2.19. The van der Waals surface area contributed by atoms with Crippen LogP contribution in [-0.2, 0) is 19.7 Å². The largest absolute Gasteiger partial charge is 0.489 e. The predicted molar refractivity (Wildman–Crippen MR) is 112 cm³/mol. The van der Waals surface area contributed by atoms with Gasteiger partial charge >= 0.3 is 0 Å². The van der Waals surface area contributed by atoms with E-state index in [9.17, 15) is 0 Å². The second kappa shape index (κ2) is 8.50. The lowest BCUT2D eigenvalue weighted by Gasteiger charge is -2.10. The summed E-state index contributed by atoms with van der Waals surface area (Å²) >= 11 is 0. The van der Waals surface area contributed by atoms with Gasteiger partial charge in [0.05, 0.1) is 11.2 Å². The second-order valence-electron chi connectivity index (χ2n) is 6.62. The lowest BCUT2D eigenvalue weighted by atomic mass is 10.1. The Morgan fingerprint density at radius 1 is 0.857 bits per heavy atom. The molecule has 0 unspecified atom stereocenters. The Morgan fingerprint density at radius 3 is 2.68 bits per heavy atom. The van der Waals surface area contributed by atoms with Gasteiger partial charge in [-0.15, -0.1) is 0 Å². The maximum absolute atomic E-state index is 5.98. The predicted octanol–water partition coefficient (Wildman–Crippen LogP) is 4.08. The molecule has 0 saturated heterocycles. The number of ether oxygens (including phenoxy) is 1. The number of nitrogens with zero attached hydrogens (tertiary/aromatic N) is 2. The number of nitrogens with two attached hydrogens (primary N) is 1. The summed E-state index contributed by atoms with van der Waals surface area (Å²) in [6.07, 6.45) is 1.81. The van der Waals surface area contributed by atoms with E-state index in [1.54, 1.807) is 0 Å². The van der Waals surface area contributed by atoms with E-state index < -0.39 is 0 Å². The summed E-state index contributed by atoms with van der Waals surface area (Å²) in [4.78, 5) is 8.69. The fourth-order valence-corrected chi connectivity index (χ4v) is 3.02. The first-order valence-electron chi connectivity index (χ1n) is 9.24. The van der Waals surface area contributed by atoms with Gasteiger partial charge in [-0.2, -0.15) is 0 Å². The molecular weight excluding hydrogens is 348 g/mol. The lowest BCUT2D eigenvalue weighted by Crippen LogP contribution is -2.13. The number of fused-ring (bicyclic) bond motifs is 1. The van der Waals surface area contributed by atoms with Gasteiger partial charge in [0.1, 0.15) is 18.2 Å². The van der Waals surface area contributed by atoms with Crippen LogP contribution < -0.4 is 15.8 Å². The molecule has 5 heteroatoms. The summed E-state index contributed by atoms with van der Waals surface area (Å²) in [5, 5.41) is 4.47. The maximum Gasteiger partial charge on any atom is 0.124 e. The van der Waals surface area contributed by atoms with E-state index >= 15 is 0 Å². The maximum atomic E-state index is 5.98.